The van der Waals surface area contributed by atoms with Gasteiger partial charge in [0.2, 0.25) is 0 Å². The quantitative estimate of drug-likeness (QED) is 0.186. The van der Waals surface area contributed by atoms with Crippen LogP contribution in [0.2, 0.25) is 5.02 Å². The molecule has 2 aliphatic heterocycles. The molecule has 3 aliphatic rings. The fourth-order valence-corrected chi connectivity index (χ4v) is 7.31. The van der Waals surface area contributed by atoms with Crippen LogP contribution in [0, 0.1) is 0 Å². The summed E-state index contributed by atoms with van der Waals surface area (Å²) in [5.41, 5.74) is 10.4. The second kappa shape index (κ2) is 15.0. The number of nitrogens with zero attached hydrogens (tertiary/aromatic N) is 2. The van der Waals surface area contributed by atoms with Crippen LogP contribution in [-0.4, -0.2) is 56.2 Å². The molecular weight excluding hydrogens is 584 g/mol. The van der Waals surface area contributed by atoms with E-state index in [1.165, 1.54) is 65.6 Å². The van der Waals surface area contributed by atoms with Gasteiger partial charge in [-0.1, -0.05) is 120 Å². The summed E-state index contributed by atoms with van der Waals surface area (Å²) in [4.78, 5) is 4.88. The van der Waals surface area contributed by atoms with Crippen LogP contribution in [-0.2, 0) is 10.3 Å². The zero-order valence-electron chi connectivity index (χ0n) is 27.6. The van der Waals surface area contributed by atoms with Crippen molar-refractivity contribution >= 4 is 29.3 Å². The number of likely N-dealkylation sites (tertiary alicyclic amines) is 2. The van der Waals surface area contributed by atoms with Crippen molar-refractivity contribution in [1.29, 1.82) is 0 Å². The maximum atomic E-state index is 6.48. The molecule has 1 aliphatic carbocycles. The van der Waals surface area contributed by atoms with Gasteiger partial charge in [-0.15, -0.1) is 0 Å². The average Bonchev–Trinajstić information content (AvgIpc) is 3.42. The van der Waals surface area contributed by atoms with Gasteiger partial charge in [-0.25, -0.2) is 0 Å². The van der Waals surface area contributed by atoms with E-state index in [9.17, 15) is 0 Å². The van der Waals surface area contributed by atoms with Crippen molar-refractivity contribution in [3.63, 3.8) is 0 Å². The van der Waals surface area contributed by atoms with Crippen LogP contribution in [0.25, 0.3) is 17.7 Å². The standard InChI is InChI=1S/C21H26ClNO.C21H21N/c1-21(17-7-4-3-5-8-17,18-10-12-19(22)13-11-18)24-16-14-20-9-6-15-23(20)2;1-22-14-12-18(13-15-22)21-19-8-4-2-6-16(19)10-11-17-7-3-5-9-20(17)21/h3-5,7-8,10-13,20H,6,9,14-16H2,1-2H3;2-11H,12-15H2,1H3/t20-,21?;/m1./s1. The molecule has 0 N–H and O–H groups in total. The molecule has 2 atom stereocenters. The third-order valence-electron chi connectivity index (χ3n) is 10.1. The highest BCUT2D eigenvalue weighted by Crippen LogP contribution is 2.39. The van der Waals surface area contributed by atoms with Crippen LogP contribution in [0.5, 0.6) is 0 Å². The lowest BCUT2D eigenvalue weighted by Gasteiger charge is -2.32. The zero-order valence-corrected chi connectivity index (χ0v) is 28.3. The minimum absolute atomic E-state index is 0.455. The van der Waals surface area contributed by atoms with Crippen LogP contribution < -0.4 is 0 Å². The van der Waals surface area contributed by atoms with E-state index in [1.54, 1.807) is 5.57 Å². The van der Waals surface area contributed by atoms with Crippen LogP contribution >= 0.6 is 11.6 Å². The van der Waals surface area contributed by atoms with Gasteiger partial charge in [0.05, 0.1) is 0 Å². The summed E-state index contributed by atoms with van der Waals surface area (Å²) in [5, 5.41) is 0.752. The molecule has 2 fully saturated rings. The monoisotopic (exact) mass is 630 g/mol. The Morgan fingerprint density at radius 1 is 0.717 bits per heavy atom. The van der Waals surface area contributed by atoms with E-state index in [1.807, 2.05) is 18.2 Å². The number of piperidine rings is 1. The summed E-state index contributed by atoms with van der Waals surface area (Å²) < 4.78 is 6.48. The molecule has 3 nitrogen and oxygen atoms in total. The highest BCUT2D eigenvalue weighted by Gasteiger charge is 2.31. The molecular formula is C42H47ClN2O. The van der Waals surface area contributed by atoms with Crippen molar-refractivity contribution in [1.82, 2.24) is 9.80 Å². The van der Waals surface area contributed by atoms with Crippen LogP contribution in [0.1, 0.15) is 72.4 Å². The van der Waals surface area contributed by atoms with Gasteiger partial charge in [0.15, 0.2) is 0 Å². The molecule has 0 spiro atoms. The number of hydrogen-bond donors (Lipinski definition) is 0. The first-order valence-electron chi connectivity index (χ1n) is 16.9. The first-order chi connectivity index (χ1) is 22.4. The van der Waals surface area contributed by atoms with Gasteiger partial charge in [0, 0.05) is 30.8 Å². The molecule has 0 aromatic heterocycles. The minimum atomic E-state index is -0.455. The Labute approximate surface area is 281 Å². The van der Waals surface area contributed by atoms with Gasteiger partial charge in [-0.05, 0) is 111 Å². The van der Waals surface area contributed by atoms with Gasteiger partial charge in [0.1, 0.15) is 5.60 Å². The van der Waals surface area contributed by atoms with Gasteiger partial charge >= 0.3 is 0 Å². The topological polar surface area (TPSA) is 15.7 Å². The molecule has 2 heterocycles. The van der Waals surface area contributed by atoms with E-state index >= 15 is 0 Å². The summed E-state index contributed by atoms with van der Waals surface area (Å²) in [6.07, 6.45) is 10.5. The van der Waals surface area contributed by atoms with Crippen molar-refractivity contribution in [2.45, 2.75) is 50.7 Å². The molecule has 7 rings (SSSR count). The molecule has 1 unspecified atom stereocenters. The van der Waals surface area contributed by atoms with Gasteiger partial charge in [-0.2, -0.15) is 0 Å². The fraction of sp³-hybridized carbons (Fsp3) is 0.333. The normalized spacial score (nSPS) is 19.4. The van der Waals surface area contributed by atoms with E-state index < -0.39 is 5.60 Å². The van der Waals surface area contributed by atoms with E-state index in [0.717, 1.165) is 36.7 Å². The van der Waals surface area contributed by atoms with Crippen molar-refractivity contribution in [2.75, 3.05) is 40.3 Å². The second-order valence-electron chi connectivity index (χ2n) is 13.1. The smallest absolute Gasteiger partial charge is 0.115 e. The van der Waals surface area contributed by atoms with Crippen LogP contribution in [0.15, 0.2) is 109 Å². The number of halogens is 1. The Kier molecular flexibility index (Phi) is 10.6. The zero-order chi connectivity index (χ0) is 31.9. The van der Waals surface area contributed by atoms with Crippen molar-refractivity contribution in [3.05, 3.63) is 147 Å². The maximum Gasteiger partial charge on any atom is 0.115 e. The van der Waals surface area contributed by atoms with Crippen LogP contribution in [0.3, 0.4) is 0 Å². The molecule has 4 aromatic carbocycles. The van der Waals surface area contributed by atoms with E-state index in [4.69, 9.17) is 16.3 Å². The first kappa shape index (κ1) is 32.5. The molecule has 4 aromatic rings. The molecule has 0 radical (unpaired) electrons. The minimum Gasteiger partial charge on any atom is -0.366 e. The van der Waals surface area contributed by atoms with Crippen LogP contribution in [0.4, 0.5) is 0 Å². The summed E-state index contributed by atoms with van der Waals surface area (Å²) in [6, 6.07) is 36.7. The molecule has 2 saturated heterocycles. The molecule has 238 valence electrons. The predicted octanol–water partition coefficient (Wildman–Crippen LogP) is 9.80. The number of ether oxygens (including phenoxy) is 1. The van der Waals surface area contributed by atoms with Crippen molar-refractivity contribution in [2.24, 2.45) is 0 Å². The van der Waals surface area contributed by atoms with Crippen molar-refractivity contribution in [3.8, 4) is 0 Å². The summed E-state index contributed by atoms with van der Waals surface area (Å²) in [5.74, 6) is 0. The molecule has 0 saturated carbocycles. The Balaban J connectivity index is 0.000000162. The average molecular weight is 631 g/mol. The Hall–Kier alpha value is -3.47. The maximum absolute atomic E-state index is 6.48. The second-order valence-corrected chi connectivity index (χ2v) is 13.5. The number of hydrogen-bond acceptors (Lipinski definition) is 3. The van der Waals surface area contributed by atoms with Gasteiger partial charge < -0.3 is 14.5 Å². The van der Waals surface area contributed by atoms with Gasteiger partial charge in [0.25, 0.3) is 0 Å². The largest absolute Gasteiger partial charge is 0.366 e. The lowest BCUT2D eigenvalue weighted by Crippen LogP contribution is -2.31. The third-order valence-corrected chi connectivity index (χ3v) is 10.3. The Morgan fingerprint density at radius 3 is 1.87 bits per heavy atom. The predicted molar refractivity (Wildman–Crippen MR) is 195 cm³/mol. The molecule has 0 bridgehead atoms. The fourth-order valence-electron chi connectivity index (χ4n) is 7.18. The SMILES string of the molecule is CN1CCC(=C2c3ccccc3C=Cc3ccccc32)CC1.CN1CCC[C@@H]1CCOC(C)(c1ccccc1)c1ccc(Cl)cc1. The molecule has 46 heavy (non-hydrogen) atoms. The van der Waals surface area contributed by atoms with E-state index in [2.05, 4.69) is 128 Å². The lowest BCUT2D eigenvalue weighted by molar-refractivity contribution is -0.0117. The third kappa shape index (κ3) is 7.40. The molecule has 0 amide bonds. The summed E-state index contributed by atoms with van der Waals surface area (Å²) in [6.45, 7) is 6.44. The number of fused-ring (bicyclic) bond motifs is 2. The summed E-state index contributed by atoms with van der Waals surface area (Å²) in [7, 11) is 4.44. The Morgan fingerprint density at radius 2 is 1.28 bits per heavy atom. The Bertz CT molecular complexity index is 1600. The van der Waals surface area contributed by atoms with Crippen molar-refractivity contribution < 1.29 is 4.74 Å². The highest BCUT2D eigenvalue weighted by molar-refractivity contribution is 6.30. The molecule has 4 heteroatoms. The lowest BCUT2D eigenvalue weighted by atomic mass is 9.86. The first-order valence-corrected chi connectivity index (χ1v) is 17.2. The summed E-state index contributed by atoms with van der Waals surface area (Å²) >= 11 is 6.07. The van der Waals surface area contributed by atoms with E-state index in [0.29, 0.717) is 6.04 Å². The number of rotatable bonds is 6. The van der Waals surface area contributed by atoms with Gasteiger partial charge in [-0.3, -0.25) is 0 Å². The highest BCUT2D eigenvalue weighted by atomic mass is 35.5. The van der Waals surface area contributed by atoms with E-state index in [-0.39, 0.29) is 0 Å². The number of benzene rings is 4.